The van der Waals surface area contributed by atoms with Gasteiger partial charge in [-0.25, -0.2) is 0 Å². The number of carboxylic acid groups (broad SMARTS) is 1. The number of carbonyl (C=O) groups is 3. The molecule has 1 aliphatic rings. The van der Waals surface area contributed by atoms with E-state index in [1.165, 1.54) is 19.3 Å². The van der Waals surface area contributed by atoms with Crippen LogP contribution in [-0.2, 0) is 20.8 Å². The Bertz CT molecular complexity index is 624. The summed E-state index contributed by atoms with van der Waals surface area (Å²) in [6.07, 6.45) is 6.05. The largest absolute Gasteiger partial charge is 0.481 e. The predicted octanol–water partition coefficient (Wildman–Crippen LogP) is 2.73. The molecule has 1 aliphatic carbocycles. The quantitative estimate of drug-likeness (QED) is 0.707. The second-order valence-corrected chi connectivity index (χ2v) is 6.71. The molecule has 2 amide bonds. The molecule has 0 aromatic heterocycles. The third kappa shape index (κ3) is 6.21. The minimum absolute atomic E-state index is 0.103. The molecule has 1 aromatic carbocycles. The van der Waals surface area contributed by atoms with Gasteiger partial charge in [0.1, 0.15) is 6.04 Å². The van der Waals surface area contributed by atoms with Crippen LogP contribution in [0.1, 0.15) is 51.0 Å². The monoisotopic (exact) mass is 346 g/mol. The Hall–Kier alpha value is -2.37. The number of carboxylic acids is 1. The van der Waals surface area contributed by atoms with Crippen molar-refractivity contribution in [2.24, 2.45) is 5.92 Å². The summed E-state index contributed by atoms with van der Waals surface area (Å²) in [5.74, 6) is -1.00. The molecule has 2 rings (SSSR count). The molecule has 0 aliphatic heterocycles. The van der Waals surface area contributed by atoms with Gasteiger partial charge < -0.3 is 15.7 Å². The highest BCUT2D eigenvalue weighted by atomic mass is 16.4. The first kappa shape index (κ1) is 19.0. The second-order valence-electron chi connectivity index (χ2n) is 6.71. The van der Waals surface area contributed by atoms with E-state index in [-0.39, 0.29) is 18.2 Å². The fraction of sp³-hybridized carbons (Fsp3) is 0.526. The smallest absolute Gasteiger partial charge is 0.307 e. The normalized spacial score (nSPS) is 16.0. The Labute approximate surface area is 148 Å². The fourth-order valence-corrected chi connectivity index (χ4v) is 3.22. The van der Waals surface area contributed by atoms with Crippen molar-refractivity contribution in [3.8, 4) is 0 Å². The Balaban J connectivity index is 1.87. The van der Waals surface area contributed by atoms with Gasteiger partial charge >= 0.3 is 5.97 Å². The third-order valence-corrected chi connectivity index (χ3v) is 4.59. The van der Waals surface area contributed by atoms with Gasteiger partial charge in [-0.2, -0.15) is 0 Å². The molecule has 1 atom stereocenters. The maximum atomic E-state index is 12.3. The van der Waals surface area contributed by atoms with E-state index in [4.69, 9.17) is 5.11 Å². The summed E-state index contributed by atoms with van der Waals surface area (Å²) in [4.78, 5) is 35.3. The number of carbonyl (C=O) groups excluding carboxylic acids is 2. The zero-order valence-electron chi connectivity index (χ0n) is 14.6. The van der Waals surface area contributed by atoms with Gasteiger partial charge in [0.25, 0.3) is 0 Å². The van der Waals surface area contributed by atoms with Gasteiger partial charge in [0.05, 0.1) is 6.42 Å². The van der Waals surface area contributed by atoms with Crippen molar-refractivity contribution in [1.82, 2.24) is 5.32 Å². The number of hydrogen-bond donors (Lipinski definition) is 3. The number of benzene rings is 1. The molecule has 1 saturated carbocycles. The van der Waals surface area contributed by atoms with Gasteiger partial charge in [-0.15, -0.1) is 0 Å². The average molecular weight is 346 g/mol. The lowest BCUT2D eigenvalue weighted by Gasteiger charge is -2.22. The molecule has 0 spiro atoms. The lowest BCUT2D eigenvalue weighted by atomic mass is 9.87. The van der Waals surface area contributed by atoms with Gasteiger partial charge in [0, 0.05) is 12.1 Å². The van der Waals surface area contributed by atoms with Crippen LogP contribution in [0.4, 0.5) is 5.69 Å². The SMILES string of the molecule is CC(NC(=O)CC1CCCCC1)C(=O)Nc1ccccc1CC(=O)O. The van der Waals surface area contributed by atoms with E-state index in [2.05, 4.69) is 10.6 Å². The van der Waals surface area contributed by atoms with Crippen LogP contribution in [0.5, 0.6) is 0 Å². The fourth-order valence-electron chi connectivity index (χ4n) is 3.22. The number of para-hydroxylation sites is 1. The Kier molecular flexibility index (Phi) is 6.98. The molecule has 6 nitrogen and oxygen atoms in total. The first-order valence-corrected chi connectivity index (χ1v) is 8.85. The van der Waals surface area contributed by atoms with Crippen LogP contribution < -0.4 is 10.6 Å². The first-order chi connectivity index (χ1) is 12.0. The molecular formula is C19H26N2O4. The number of nitrogens with one attached hydrogen (secondary N) is 2. The van der Waals surface area contributed by atoms with Crippen LogP contribution in [-0.4, -0.2) is 28.9 Å². The summed E-state index contributed by atoms with van der Waals surface area (Å²) < 4.78 is 0. The van der Waals surface area contributed by atoms with E-state index in [0.29, 0.717) is 23.6 Å². The van der Waals surface area contributed by atoms with Crippen LogP contribution in [0.3, 0.4) is 0 Å². The van der Waals surface area contributed by atoms with Crippen LogP contribution in [0.15, 0.2) is 24.3 Å². The standard InChI is InChI=1S/C19H26N2O4/c1-13(20-17(22)11-14-7-3-2-4-8-14)19(25)21-16-10-6-5-9-15(16)12-18(23)24/h5-6,9-10,13-14H,2-4,7-8,11-12H2,1H3,(H,20,22)(H,21,25)(H,23,24). The summed E-state index contributed by atoms with van der Waals surface area (Å²) >= 11 is 0. The minimum atomic E-state index is -0.962. The lowest BCUT2D eigenvalue weighted by molar-refractivity contribution is -0.136. The second kappa shape index (κ2) is 9.20. The van der Waals surface area contributed by atoms with Crippen LogP contribution in [0.25, 0.3) is 0 Å². The summed E-state index contributed by atoms with van der Waals surface area (Å²) in [6, 6.07) is 6.10. The van der Waals surface area contributed by atoms with E-state index >= 15 is 0 Å². The number of amides is 2. The van der Waals surface area contributed by atoms with Gasteiger partial charge in [0.2, 0.25) is 11.8 Å². The van der Waals surface area contributed by atoms with Crippen molar-refractivity contribution in [2.75, 3.05) is 5.32 Å². The maximum Gasteiger partial charge on any atom is 0.307 e. The number of hydrogen-bond acceptors (Lipinski definition) is 3. The Morgan fingerprint density at radius 2 is 1.84 bits per heavy atom. The Morgan fingerprint density at radius 3 is 2.52 bits per heavy atom. The molecule has 0 bridgehead atoms. The molecule has 0 saturated heterocycles. The van der Waals surface area contributed by atoms with Crippen LogP contribution in [0.2, 0.25) is 0 Å². The topological polar surface area (TPSA) is 95.5 Å². The van der Waals surface area contributed by atoms with Crippen molar-refractivity contribution < 1.29 is 19.5 Å². The van der Waals surface area contributed by atoms with Gasteiger partial charge in [0.15, 0.2) is 0 Å². The van der Waals surface area contributed by atoms with Gasteiger partial charge in [-0.05, 0) is 37.3 Å². The third-order valence-electron chi connectivity index (χ3n) is 4.59. The van der Waals surface area contributed by atoms with Crippen molar-refractivity contribution in [3.05, 3.63) is 29.8 Å². The molecule has 0 radical (unpaired) electrons. The first-order valence-electron chi connectivity index (χ1n) is 8.85. The highest BCUT2D eigenvalue weighted by Gasteiger charge is 2.21. The van der Waals surface area contributed by atoms with Gasteiger partial charge in [-0.3, -0.25) is 14.4 Å². The summed E-state index contributed by atoms with van der Waals surface area (Å²) in [5, 5.41) is 14.4. The molecule has 1 unspecified atom stereocenters. The molecule has 6 heteroatoms. The van der Waals surface area contributed by atoms with E-state index in [1.807, 2.05) is 0 Å². The highest BCUT2D eigenvalue weighted by Crippen LogP contribution is 2.26. The highest BCUT2D eigenvalue weighted by molar-refractivity contribution is 5.97. The number of aliphatic carboxylic acids is 1. The zero-order chi connectivity index (χ0) is 18.2. The van der Waals surface area contributed by atoms with Crippen molar-refractivity contribution in [3.63, 3.8) is 0 Å². The summed E-state index contributed by atoms with van der Waals surface area (Å²) in [5.41, 5.74) is 0.993. The van der Waals surface area contributed by atoms with Crippen LogP contribution in [0, 0.1) is 5.92 Å². The Morgan fingerprint density at radius 1 is 1.16 bits per heavy atom. The molecule has 25 heavy (non-hydrogen) atoms. The molecule has 1 fully saturated rings. The van der Waals surface area contributed by atoms with Crippen molar-refractivity contribution >= 4 is 23.5 Å². The molecule has 136 valence electrons. The average Bonchev–Trinajstić information content (AvgIpc) is 2.57. The number of rotatable bonds is 7. The maximum absolute atomic E-state index is 12.3. The van der Waals surface area contributed by atoms with Gasteiger partial charge in [-0.1, -0.05) is 37.5 Å². The van der Waals surface area contributed by atoms with E-state index in [9.17, 15) is 14.4 Å². The predicted molar refractivity (Wildman–Crippen MR) is 95.2 cm³/mol. The van der Waals surface area contributed by atoms with Crippen molar-refractivity contribution in [1.29, 1.82) is 0 Å². The van der Waals surface area contributed by atoms with E-state index in [0.717, 1.165) is 12.8 Å². The molecular weight excluding hydrogens is 320 g/mol. The van der Waals surface area contributed by atoms with E-state index in [1.54, 1.807) is 31.2 Å². The van der Waals surface area contributed by atoms with Crippen molar-refractivity contribution in [2.45, 2.75) is 57.9 Å². The lowest BCUT2D eigenvalue weighted by Crippen LogP contribution is -2.42. The van der Waals surface area contributed by atoms with E-state index < -0.39 is 12.0 Å². The molecule has 0 heterocycles. The minimum Gasteiger partial charge on any atom is -0.481 e. The number of anilines is 1. The summed E-state index contributed by atoms with van der Waals surface area (Å²) in [7, 11) is 0. The van der Waals surface area contributed by atoms with Crippen LogP contribution >= 0.6 is 0 Å². The summed E-state index contributed by atoms with van der Waals surface area (Å²) in [6.45, 7) is 1.63. The molecule has 1 aromatic rings. The zero-order valence-corrected chi connectivity index (χ0v) is 14.6. The molecule has 3 N–H and O–H groups in total.